The Morgan fingerprint density at radius 1 is 1.18 bits per heavy atom. The van der Waals surface area contributed by atoms with Gasteiger partial charge in [-0.15, -0.1) is 0 Å². The van der Waals surface area contributed by atoms with Gasteiger partial charge in [0.15, 0.2) is 0 Å². The van der Waals surface area contributed by atoms with Gasteiger partial charge < -0.3 is 14.4 Å². The van der Waals surface area contributed by atoms with Crippen LogP contribution in [0.25, 0.3) is 11.3 Å². The number of rotatable bonds is 5. The van der Waals surface area contributed by atoms with Crippen LogP contribution < -0.4 is 9.47 Å². The van der Waals surface area contributed by atoms with E-state index in [4.69, 9.17) is 9.47 Å². The molecule has 10 heteroatoms. The Morgan fingerprint density at radius 2 is 2.03 bits per heavy atom. The van der Waals surface area contributed by atoms with Gasteiger partial charge in [-0.2, -0.15) is 18.3 Å². The summed E-state index contributed by atoms with van der Waals surface area (Å²) in [6.45, 7) is 0.588. The Hall–Kier alpha value is -3.56. The van der Waals surface area contributed by atoms with Gasteiger partial charge in [0.2, 0.25) is 5.88 Å². The van der Waals surface area contributed by atoms with Gasteiger partial charge in [-0.3, -0.25) is 9.89 Å². The van der Waals surface area contributed by atoms with Crippen molar-refractivity contribution in [3.05, 3.63) is 59.9 Å². The fraction of sp³-hybridized carbons (Fsp3) is 0.348. The molecule has 0 unspecified atom stereocenters. The van der Waals surface area contributed by atoms with Crippen molar-refractivity contribution < 1.29 is 27.4 Å². The van der Waals surface area contributed by atoms with E-state index in [0.717, 1.165) is 25.1 Å². The number of amides is 1. The Kier molecular flexibility index (Phi) is 5.22. The molecule has 2 bridgehead atoms. The molecule has 5 rings (SSSR count). The Bertz CT molecular complexity index is 1150. The van der Waals surface area contributed by atoms with E-state index in [1.807, 2.05) is 12.1 Å². The predicted octanol–water partition coefficient (Wildman–Crippen LogP) is 4.18. The maximum Gasteiger partial charge on any atom is 0.417 e. The first-order valence-electron chi connectivity index (χ1n) is 10.5. The van der Waals surface area contributed by atoms with E-state index in [0.29, 0.717) is 29.1 Å². The fourth-order valence-corrected chi connectivity index (χ4v) is 4.79. The lowest BCUT2D eigenvalue weighted by atomic mass is 10.00. The molecule has 1 aliphatic heterocycles. The second kappa shape index (κ2) is 8.09. The first kappa shape index (κ1) is 21.3. The second-order valence-corrected chi connectivity index (χ2v) is 8.25. The lowest BCUT2D eigenvalue weighted by molar-refractivity contribution is -0.137. The van der Waals surface area contributed by atoms with Gasteiger partial charge in [-0.25, -0.2) is 4.98 Å². The van der Waals surface area contributed by atoms with Crippen LogP contribution in [0.15, 0.2) is 48.8 Å². The SMILES string of the molecule is COc1cccc(-c2ccn[nH]2)c1C(=O)N1C[C@H]2C[C@@H](Oc3ccc(C(F)(F)F)cn3)[C@@H]1C2. The Balaban J connectivity index is 1.39. The highest BCUT2D eigenvalue weighted by atomic mass is 19.4. The van der Waals surface area contributed by atoms with E-state index >= 15 is 0 Å². The fourth-order valence-electron chi connectivity index (χ4n) is 4.79. The van der Waals surface area contributed by atoms with Crippen molar-refractivity contribution in [1.82, 2.24) is 20.1 Å². The molecule has 2 aromatic heterocycles. The number of fused-ring (bicyclic) bond motifs is 2. The standard InChI is InChI=1S/C23H21F3N4O3/c1-32-18-4-2-3-15(16-7-8-28-29-16)21(18)22(31)30-12-13-9-17(30)19(10-13)33-20-6-5-14(11-27-20)23(24,25)26/h2-8,11,13,17,19H,9-10,12H2,1H3,(H,28,29)/t13-,17+,19-/m1/s1. The number of hydrogen-bond donors (Lipinski definition) is 1. The smallest absolute Gasteiger partial charge is 0.417 e. The van der Waals surface area contributed by atoms with Crippen LogP contribution in [0.2, 0.25) is 0 Å². The van der Waals surface area contributed by atoms with Crippen molar-refractivity contribution in [2.45, 2.75) is 31.2 Å². The largest absolute Gasteiger partial charge is 0.496 e. The number of benzene rings is 1. The molecule has 3 atom stereocenters. The van der Waals surface area contributed by atoms with Crippen LogP contribution in [0.3, 0.4) is 0 Å². The molecule has 1 aliphatic carbocycles. The zero-order valence-corrected chi connectivity index (χ0v) is 17.7. The van der Waals surface area contributed by atoms with Crippen LogP contribution in [0.1, 0.15) is 28.8 Å². The van der Waals surface area contributed by atoms with E-state index in [1.165, 1.54) is 13.2 Å². The van der Waals surface area contributed by atoms with Crippen LogP contribution in [0.4, 0.5) is 13.2 Å². The number of nitrogens with zero attached hydrogens (tertiary/aromatic N) is 3. The lowest BCUT2D eigenvalue weighted by Crippen LogP contribution is -2.47. The summed E-state index contributed by atoms with van der Waals surface area (Å²) in [5, 5.41) is 6.87. The number of nitrogens with one attached hydrogen (secondary N) is 1. The highest BCUT2D eigenvalue weighted by molar-refractivity contribution is 6.03. The molecule has 1 saturated heterocycles. The van der Waals surface area contributed by atoms with E-state index in [1.54, 1.807) is 23.2 Å². The summed E-state index contributed by atoms with van der Waals surface area (Å²) in [4.78, 5) is 19.3. The third kappa shape index (κ3) is 3.90. The number of aromatic amines is 1. The zero-order valence-electron chi connectivity index (χ0n) is 17.7. The van der Waals surface area contributed by atoms with E-state index < -0.39 is 11.7 Å². The van der Waals surface area contributed by atoms with Gasteiger partial charge in [0.25, 0.3) is 5.91 Å². The molecule has 2 aliphatic rings. The minimum Gasteiger partial charge on any atom is -0.496 e. The molecule has 3 heterocycles. The third-order valence-corrected chi connectivity index (χ3v) is 6.27. The quantitative estimate of drug-likeness (QED) is 0.621. The van der Waals surface area contributed by atoms with E-state index in [-0.39, 0.29) is 29.9 Å². The molecule has 0 radical (unpaired) electrons. The van der Waals surface area contributed by atoms with Crippen LogP contribution in [-0.4, -0.2) is 51.8 Å². The highest BCUT2D eigenvalue weighted by Crippen LogP contribution is 2.42. The summed E-state index contributed by atoms with van der Waals surface area (Å²) < 4.78 is 49.8. The predicted molar refractivity (Wildman–Crippen MR) is 112 cm³/mol. The second-order valence-electron chi connectivity index (χ2n) is 8.25. The number of halogens is 3. The highest BCUT2D eigenvalue weighted by Gasteiger charge is 2.49. The van der Waals surface area contributed by atoms with Gasteiger partial charge in [-0.05, 0) is 37.0 Å². The monoisotopic (exact) mass is 458 g/mol. The maximum absolute atomic E-state index is 13.7. The topological polar surface area (TPSA) is 80.3 Å². The molecule has 2 fully saturated rings. The van der Waals surface area contributed by atoms with Crippen LogP contribution in [-0.2, 0) is 6.18 Å². The number of hydrogen-bond acceptors (Lipinski definition) is 5. The summed E-state index contributed by atoms with van der Waals surface area (Å²) in [6.07, 6.45) is -0.939. The third-order valence-electron chi connectivity index (χ3n) is 6.27. The summed E-state index contributed by atoms with van der Waals surface area (Å²) in [7, 11) is 1.52. The number of ether oxygens (including phenoxy) is 2. The number of alkyl halides is 3. The average Bonchev–Trinajstić information content (AvgIpc) is 3.55. The first-order valence-corrected chi connectivity index (χ1v) is 10.5. The number of likely N-dealkylation sites (tertiary alicyclic amines) is 1. The number of H-pyrrole nitrogens is 1. The summed E-state index contributed by atoms with van der Waals surface area (Å²) in [6, 6.07) is 9.13. The molecule has 172 valence electrons. The van der Waals surface area contributed by atoms with Crippen molar-refractivity contribution >= 4 is 5.91 Å². The molecule has 1 N–H and O–H groups in total. The van der Waals surface area contributed by atoms with Gasteiger partial charge >= 0.3 is 6.18 Å². The summed E-state index contributed by atoms with van der Waals surface area (Å²) in [5.41, 5.74) is 0.982. The molecule has 1 aromatic carbocycles. The van der Waals surface area contributed by atoms with Crippen molar-refractivity contribution in [2.24, 2.45) is 5.92 Å². The van der Waals surface area contributed by atoms with Crippen molar-refractivity contribution in [3.8, 4) is 22.9 Å². The number of methoxy groups -OCH3 is 1. The number of pyridine rings is 1. The van der Waals surface area contributed by atoms with Gasteiger partial charge in [0, 0.05) is 30.6 Å². The molecular formula is C23H21F3N4O3. The number of piperidine rings is 1. The average molecular weight is 458 g/mol. The van der Waals surface area contributed by atoms with Gasteiger partial charge in [-0.1, -0.05) is 12.1 Å². The normalized spacial score (nSPS) is 21.9. The zero-order chi connectivity index (χ0) is 23.2. The summed E-state index contributed by atoms with van der Waals surface area (Å²) >= 11 is 0. The lowest BCUT2D eigenvalue weighted by Gasteiger charge is -2.33. The Labute approximate surface area is 187 Å². The minimum atomic E-state index is -4.46. The number of carbonyl (C=O) groups excluding carboxylic acids is 1. The Morgan fingerprint density at radius 3 is 2.67 bits per heavy atom. The van der Waals surface area contributed by atoms with E-state index in [9.17, 15) is 18.0 Å². The van der Waals surface area contributed by atoms with Crippen LogP contribution >= 0.6 is 0 Å². The molecule has 1 saturated carbocycles. The van der Waals surface area contributed by atoms with Crippen molar-refractivity contribution in [1.29, 1.82) is 0 Å². The molecule has 3 aromatic rings. The number of aromatic nitrogens is 3. The maximum atomic E-state index is 13.7. The minimum absolute atomic E-state index is 0.114. The molecule has 7 nitrogen and oxygen atoms in total. The first-order chi connectivity index (χ1) is 15.8. The molecule has 33 heavy (non-hydrogen) atoms. The van der Waals surface area contributed by atoms with E-state index in [2.05, 4.69) is 15.2 Å². The van der Waals surface area contributed by atoms with Crippen molar-refractivity contribution in [3.63, 3.8) is 0 Å². The number of carbonyl (C=O) groups is 1. The van der Waals surface area contributed by atoms with Crippen LogP contribution in [0.5, 0.6) is 11.6 Å². The van der Waals surface area contributed by atoms with Gasteiger partial charge in [0.05, 0.1) is 30.0 Å². The molecule has 1 amide bonds. The van der Waals surface area contributed by atoms with Crippen LogP contribution in [0, 0.1) is 5.92 Å². The molecule has 0 spiro atoms. The van der Waals surface area contributed by atoms with Crippen molar-refractivity contribution in [2.75, 3.05) is 13.7 Å². The molecular weight excluding hydrogens is 437 g/mol. The summed E-state index contributed by atoms with van der Waals surface area (Å²) in [5.74, 6) is 0.641. The van der Waals surface area contributed by atoms with Gasteiger partial charge in [0.1, 0.15) is 11.9 Å².